The van der Waals surface area contributed by atoms with E-state index in [9.17, 15) is 9.59 Å². The highest BCUT2D eigenvalue weighted by Crippen LogP contribution is 2.25. The van der Waals surface area contributed by atoms with Crippen molar-refractivity contribution in [3.8, 4) is 11.5 Å². The van der Waals surface area contributed by atoms with Gasteiger partial charge in [0.1, 0.15) is 17.6 Å². The molecule has 7 heteroatoms. The summed E-state index contributed by atoms with van der Waals surface area (Å²) in [7, 11) is 1.57. The van der Waals surface area contributed by atoms with E-state index in [-0.39, 0.29) is 25.5 Å². The standard InChI is InChI=1S/C20H22N2O5/c1-25-17-9-5-6-15(12-17)22-14-18(27-20(22)24)13-21-19(23)10-11-26-16-7-3-2-4-8-16/h2-9,12,18H,10-11,13-14H2,1H3,(H,21,23). The fourth-order valence-electron chi connectivity index (χ4n) is 2.71. The second kappa shape index (κ2) is 8.93. The molecule has 0 aliphatic carbocycles. The van der Waals surface area contributed by atoms with Crippen LogP contribution in [0.2, 0.25) is 0 Å². The first kappa shape index (κ1) is 18.6. The maximum absolute atomic E-state index is 12.1. The van der Waals surface area contributed by atoms with Gasteiger partial charge in [-0.2, -0.15) is 0 Å². The maximum Gasteiger partial charge on any atom is 0.414 e. The molecule has 0 aromatic heterocycles. The number of hydrogen-bond acceptors (Lipinski definition) is 5. The van der Waals surface area contributed by atoms with Crippen LogP contribution in [0.3, 0.4) is 0 Å². The molecule has 2 aromatic rings. The number of methoxy groups -OCH3 is 1. The molecule has 2 aromatic carbocycles. The third-order valence-electron chi connectivity index (χ3n) is 4.11. The third-order valence-corrected chi connectivity index (χ3v) is 4.11. The van der Waals surface area contributed by atoms with Gasteiger partial charge >= 0.3 is 6.09 Å². The molecule has 1 aliphatic rings. The van der Waals surface area contributed by atoms with E-state index in [4.69, 9.17) is 14.2 Å². The fourth-order valence-corrected chi connectivity index (χ4v) is 2.71. The molecule has 1 N–H and O–H groups in total. The van der Waals surface area contributed by atoms with Crippen molar-refractivity contribution in [1.82, 2.24) is 5.32 Å². The van der Waals surface area contributed by atoms with Gasteiger partial charge in [0.05, 0.1) is 38.9 Å². The lowest BCUT2D eigenvalue weighted by Gasteiger charge is -2.14. The lowest BCUT2D eigenvalue weighted by Crippen LogP contribution is -2.35. The van der Waals surface area contributed by atoms with Gasteiger partial charge in [-0.05, 0) is 24.3 Å². The van der Waals surface area contributed by atoms with Gasteiger partial charge in [0, 0.05) is 6.07 Å². The van der Waals surface area contributed by atoms with Crippen LogP contribution in [-0.2, 0) is 9.53 Å². The van der Waals surface area contributed by atoms with E-state index in [0.717, 1.165) is 5.75 Å². The van der Waals surface area contributed by atoms with Crippen molar-refractivity contribution in [3.05, 3.63) is 54.6 Å². The molecule has 142 valence electrons. The average molecular weight is 370 g/mol. The van der Waals surface area contributed by atoms with E-state index >= 15 is 0 Å². The molecule has 0 saturated carbocycles. The molecule has 1 aliphatic heterocycles. The van der Waals surface area contributed by atoms with Crippen molar-refractivity contribution >= 4 is 17.7 Å². The Hall–Kier alpha value is -3.22. The van der Waals surface area contributed by atoms with E-state index in [2.05, 4.69) is 5.32 Å². The zero-order chi connectivity index (χ0) is 19.1. The largest absolute Gasteiger partial charge is 0.497 e. The molecule has 1 unspecified atom stereocenters. The zero-order valence-corrected chi connectivity index (χ0v) is 15.1. The van der Waals surface area contributed by atoms with Crippen LogP contribution < -0.4 is 19.7 Å². The van der Waals surface area contributed by atoms with E-state index in [1.807, 2.05) is 42.5 Å². The molecular formula is C20H22N2O5. The number of para-hydroxylation sites is 1. The number of anilines is 1. The third kappa shape index (κ3) is 5.13. The average Bonchev–Trinajstić information content (AvgIpc) is 3.08. The van der Waals surface area contributed by atoms with E-state index in [0.29, 0.717) is 18.0 Å². The van der Waals surface area contributed by atoms with E-state index < -0.39 is 12.2 Å². The highest BCUT2D eigenvalue weighted by Gasteiger charge is 2.32. The number of amides is 2. The first-order valence-corrected chi connectivity index (χ1v) is 8.72. The number of nitrogens with one attached hydrogen (secondary N) is 1. The number of cyclic esters (lactones) is 1. The Morgan fingerprint density at radius 1 is 1.19 bits per heavy atom. The summed E-state index contributed by atoms with van der Waals surface area (Å²) >= 11 is 0. The normalized spacial score (nSPS) is 16.0. The van der Waals surface area contributed by atoms with Crippen molar-refractivity contribution in [3.63, 3.8) is 0 Å². The van der Waals surface area contributed by atoms with Gasteiger partial charge < -0.3 is 19.5 Å². The molecule has 1 saturated heterocycles. The molecule has 27 heavy (non-hydrogen) atoms. The van der Waals surface area contributed by atoms with Gasteiger partial charge in [-0.15, -0.1) is 0 Å². The molecule has 1 atom stereocenters. The molecule has 1 heterocycles. The summed E-state index contributed by atoms with van der Waals surface area (Å²) in [5.74, 6) is 1.24. The van der Waals surface area contributed by atoms with Crippen molar-refractivity contribution in [2.75, 3.05) is 31.7 Å². The van der Waals surface area contributed by atoms with E-state index in [1.54, 1.807) is 19.2 Å². The number of ether oxygens (including phenoxy) is 3. The fraction of sp³-hybridized carbons (Fsp3) is 0.300. The topological polar surface area (TPSA) is 77.1 Å². The molecule has 1 fully saturated rings. The van der Waals surface area contributed by atoms with Crippen LogP contribution in [0, 0.1) is 0 Å². The first-order valence-electron chi connectivity index (χ1n) is 8.72. The Morgan fingerprint density at radius 3 is 2.74 bits per heavy atom. The molecule has 7 nitrogen and oxygen atoms in total. The number of nitrogens with zero attached hydrogens (tertiary/aromatic N) is 1. The van der Waals surface area contributed by atoms with Crippen molar-refractivity contribution in [2.45, 2.75) is 12.5 Å². The van der Waals surface area contributed by atoms with Gasteiger partial charge in [-0.25, -0.2) is 4.79 Å². The highest BCUT2D eigenvalue weighted by atomic mass is 16.6. The van der Waals surface area contributed by atoms with Gasteiger partial charge in [0.2, 0.25) is 5.91 Å². The molecule has 0 bridgehead atoms. The van der Waals surface area contributed by atoms with Gasteiger partial charge in [0.25, 0.3) is 0 Å². The molecule has 0 spiro atoms. The Bertz CT molecular complexity index is 781. The minimum atomic E-state index is -0.435. The molecule has 2 amide bonds. The van der Waals surface area contributed by atoms with Crippen molar-refractivity contribution in [2.24, 2.45) is 0 Å². The number of benzene rings is 2. The molecular weight excluding hydrogens is 348 g/mol. The lowest BCUT2D eigenvalue weighted by atomic mass is 10.2. The summed E-state index contributed by atoms with van der Waals surface area (Å²) in [6, 6.07) is 16.5. The van der Waals surface area contributed by atoms with Crippen LogP contribution >= 0.6 is 0 Å². The Morgan fingerprint density at radius 2 is 1.96 bits per heavy atom. The van der Waals surface area contributed by atoms with Gasteiger partial charge in [-0.1, -0.05) is 24.3 Å². The quantitative estimate of drug-likeness (QED) is 0.773. The highest BCUT2D eigenvalue weighted by molar-refractivity contribution is 5.90. The molecule has 0 radical (unpaired) electrons. The summed E-state index contributed by atoms with van der Waals surface area (Å²) in [4.78, 5) is 25.6. The van der Waals surface area contributed by atoms with Crippen LogP contribution in [0.5, 0.6) is 11.5 Å². The predicted octanol–water partition coefficient (Wildman–Crippen LogP) is 2.61. The predicted molar refractivity (Wildman–Crippen MR) is 100 cm³/mol. The zero-order valence-electron chi connectivity index (χ0n) is 15.1. The summed E-state index contributed by atoms with van der Waals surface area (Å²) < 4.78 is 16.0. The molecule has 3 rings (SSSR count). The van der Waals surface area contributed by atoms with Crippen LogP contribution in [0.15, 0.2) is 54.6 Å². The minimum Gasteiger partial charge on any atom is -0.497 e. The van der Waals surface area contributed by atoms with Gasteiger partial charge in [0.15, 0.2) is 0 Å². The number of carbonyl (C=O) groups is 2. The Labute approximate surface area is 157 Å². The SMILES string of the molecule is COc1cccc(N2CC(CNC(=O)CCOc3ccccc3)OC2=O)c1. The minimum absolute atomic E-state index is 0.151. The van der Waals surface area contributed by atoms with Crippen LogP contribution in [0.1, 0.15) is 6.42 Å². The summed E-state index contributed by atoms with van der Waals surface area (Å²) in [5, 5.41) is 2.78. The van der Waals surface area contributed by atoms with Crippen LogP contribution in [-0.4, -0.2) is 44.9 Å². The van der Waals surface area contributed by atoms with Crippen LogP contribution in [0.25, 0.3) is 0 Å². The lowest BCUT2D eigenvalue weighted by molar-refractivity contribution is -0.121. The maximum atomic E-state index is 12.1. The Kier molecular flexibility index (Phi) is 6.14. The smallest absolute Gasteiger partial charge is 0.414 e. The second-order valence-corrected chi connectivity index (χ2v) is 6.03. The van der Waals surface area contributed by atoms with E-state index in [1.165, 1.54) is 4.90 Å². The number of rotatable bonds is 8. The monoisotopic (exact) mass is 370 g/mol. The van der Waals surface area contributed by atoms with Crippen molar-refractivity contribution < 1.29 is 23.8 Å². The van der Waals surface area contributed by atoms with Gasteiger partial charge in [-0.3, -0.25) is 9.69 Å². The first-order chi connectivity index (χ1) is 13.2. The summed E-state index contributed by atoms with van der Waals surface area (Å²) in [6.45, 7) is 0.916. The van der Waals surface area contributed by atoms with Crippen molar-refractivity contribution in [1.29, 1.82) is 0 Å². The summed E-state index contributed by atoms with van der Waals surface area (Å²) in [6.07, 6.45) is -0.604. The van der Waals surface area contributed by atoms with Crippen LogP contribution in [0.4, 0.5) is 10.5 Å². The number of carbonyl (C=O) groups excluding carboxylic acids is 2. The number of hydrogen-bond donors (Lipinski definition) is 1. The Balaban J connectivity index is 1.42. The summed E-state index contributed by atoms with van der Waals surface area (Å²) in [5.41, 5.74) is 0.699. The second-order valence-electron chi connectivity index (χ2n) is 6.03.